The topological polar surface area (TPSA) is 83.7 Å². The van der Waals surface area contributed by atoms with Crippen molar-refractivity contribution in [3.8, 4) is 22.4 Å². The van der Waals surface area contributed by atoms with E-state index in [1.54, 1.807) is 0 Å². The molecule has 0 saturated heterocycles. The summed E-state index contributed by atoms with van der Waals surface area (Å²) in [7, 11) is 0. The van der Waals surface area contributed by atoms with Gasteiger partial charge in [-0.05, 0) is 11.1 Å². The summed E-state index contributed by atoms with van der Waals surface area (Å²) < 4.78 is 0. The molecule has 3 heterocycles. The summed E-state index contributed by atoms with van der Waals surface area (Å²) in [5.41, 5.74) is 12.8. The average Bonchev–Trinajstić information content (AvgIpc) is 3.18. The van der Waals surface area contributed by atoms with E-state index in [-0.39, 0.29) is 0 Å². The summed E-state index contributed by atoms with van der Waals surface area (Å²) >= 11 is 0. The van der Waals surface area contributed by atoms with Gasteiger partial charge in [-0.15, -0.1) is 0 Å². The Morgan fingerprint density at radius 2 is 1.64 bits per heavy atom. The fourth-order valence-electron chi connectivity index (χ4n) is 3.71. The van der Waals surface area contributed by atoms with Gasteiger partial charge in [-0.3, -0.25) is 5.10 Å². The summed E-state index contributed by atoms with van der Waals surface area (Å²) in [5.74, 6) is 1.34. The lowest BCUT2D eigenvalue weighted by Gasteiger charge is -2.28. The van der Waals surface area contributed by atoms with Crippen molar-refractivity contribution in [1.29, 1.82) is 0 Å². The molecule has 138 valence electrons. The molecule has 0 fully saturated rings. The lowest BCUT2D eigenvalue weighted by molar-refractivity contribution is 0.710. The molecule has 1 aliphatic heterocycles. The highest BCUT2D eigenvalue weighted by molar-refractivity contribution is 5.71. The van der Waals surface area contributed by atoms with E-state index in [9.17, 15) is 0 Å². The van der Waals surface area contributed by atoms with Gasteiger partial charge < -0.3 is 10.6 Å². The molecule has 3 N–H and O–H groups in total. The molecule has 0 aliphatic carbocycles. The number of benzene rings is 2. The van der Waals surface area contributed by atoms with Crippen LogP contribution in [0.1, 0.15) is 11.3 Å². The number of fused-ring (bicyclic) bond motifs is 1. The molecule has 0 radical (unpaired) electrons. The minimum absolute atomic E-state index is 0.486. The number of hydrogen-bond acceptors (Lipinski definition) is 5. The summed E-state index contributed by atoms with van der Waals surface area (Å²) in [6.45, 7) is 1.62. The van der Waals surface area contributed by atoms with Gasteiger partial charge in [0.05, 0.1) is 5.69 Å². The lowest BCUT2D eigenvalue weighted by atomic mass is 9.98. The predicted molar refractivity (Wildman–Crippen MR) is 111 cm³/mol. The van der Waals surface area contributed by atoms with Gasteiger partial charge in [0.2, 0.25) is 0 Å². The molecule has 6 nitrogen and oxygen atoms in total. The number of anilines is 2. The van der Waals surface area contributed by atoms with Gasteiger partial charge in [0.15, 0.2) is 0 Å². The summed E-state index contributed by atoms with van der Waals surface area (Å²) in [6.07, 6.45) is 2.41. The van der Waals surface area contributed by atoms with E-state index in [0.29, 0.717) is 5.82 Å². The molecule has 0 amide bonds. The minimum atomic E-state index is 0.486. The van der Waals surface area contributed by atoms with Crippen LogP contribution in [0.15, 0.2) is 67.0 Å². The zero-order valence-corrected chi connectivity index (χ0v) is 15.3. The van der Waals surface area contributed by atoms with E-state index in [0.717, 1.165) is 36.6 Å². The van der Waals surface area contributed by atoms with Crippen LogP contribution in [-0.2, 0) is 13.0 Å². The van der Waals surface area contributed by atoms with Crippen molar-refractivity contribution >= 4 is 11.6 Å². The first-order valence-corrected chi connectivity index (χ1v) is 9.32. The molecule has 0 bridgehead atoms. The first kappa shape index (κ1) is 16.5. The van der Waals surface area contributed by atoms with Crippen molar-refractivity contribution in [2.45, 2.75) is 13.0 Å². The van der Waals surface area contributed by atoms with Gasteiger partial charge in [0, 0.05) is 42.4 Å². The predicted octanol–water partition coefficient (Wildman–Crippen LogP) is 3.68. The zero-order valence-electron chi connectivity index (χ0n) is 15.3. The quantitative estimate of drug-likeness (QED) is 0.576. The van der Waals surface area contributed by atoms with Crippen LogP contribution in [-0.4, -0.2) is 26.7 Å². The van der Waals surface area contributed by atoms with Crippen LogP contribution < -0.4 is 10.6 Å². The normalized spacial score (nSPS) is 13.4. The first-order chi connectivity index (χ1) is 13.8. The summed E-state index contributed by atoms with van der Waals surface area (Å²) in [6, 6.07) is 20.8. The van der Waals surface area contributed by atoms with E-state index >= 15 is 0 Å². The van der Waals surface area contributed by atoms with Crippen LogP contribution in [0.2, 0.25) is 0 Å². The second-order valence-electron chi connectivity index (χ2n) is 6.95. The van der Waals surface area contributed by atoms with Crippen LogP contribution in [0.25, 0.3) is 22.4 Å². The van der Waals surface area contributed by atoms with E-state index in [1.165, 1.54) is 28.7 Å². The number of aromatic amines is 1. The number of nitrogen functional groups attached to an aromatic ring is 1. The molecule has 1 aliphatic rings. The molecule has 2 aromatic heterocycles. The highest BCUT2D eigenvalue weighted by atomic mass is 15.2. The number of nitrogens with zero attached hydrogens (tertiary/aromatic N) is 4. The number of nitrogens with one attached hydrogen (secondary N) is 1. The largest absolute Gasteiger partial charge is 0.384 e. The van der Waals surface area contributed by atoms with E-state index in [2.05, 4.69) is 73.6 Å². The Kier molecular flexibility index (Phi) is 4.01. The van der Waals surface area contributed by atoms with Crippen LogP contribution in [0.5, 0.6) is 0 Å². The monoisotopic (exact) mass is 368 g/mol. The molecular weight excluding hydrogens is 348 g/mol. The molecule has 5 rings (SSSR count). The van der Waals surface area contributed by atoms with Crippen molar-refractivity contribution in [3.05, 3.63) is 78.2 Å². The Morgan fingerprint density at radius 3 is 2.43 bits per heavy atom. The summed E-state index contributed by atoms with van der Waals surface area (Å²) in [4.78, 5) is 10.6. The standard InChI is InChI=1S/C22H20N6/c23-20-12-21(25-14-24-20)28-11-10-19-18(13-28)22(27-26-19)17-8-6-16(7-9-17)15-4-2-1-3-5-15/h1-9,12,14H,10-11,13H2,(H,26,27)(H2,23,24,25). The molecule has 0 atom stereocenters. The maximum atomic E-state index is 5.83. The van der Waals surface area contributed by atoms with Crippen molar-refractivity contribution < 1.29 is 0 Å². The highest BCUT2D eigenvalue weighted by Gasteiger charge is 2.23. The number of rotatable bonds is 3. The van der Waals surface area contributed by atoms with Crippen molar-refractivity contribution in [2.75, 3.05) is 17.2 Å². The van der Waals surface area contributed by atoms with Crippen LogP contribution in [0.3, 0.4) is 0 Å². The summed E-state index contributed by atoms with van der Waals surface area (Å²) in [5, 5.41) is 7.83. The molecule has 2 aromatic carbocycles. The van der Waals surface area contributed by atoms with Crippen LogP contribution in [0, 0.1) is 0 Å². The Hall–Kier alpha value is -3.67. The van der Waals surface area contributed by atoms with Crippen LogP contribution >= 0.6 is 0 Å². The third-order valence-corrected chi connectivity index (χ3v) is 5.20. The zero-order chi connectivity index (χ0) is 18.9. The maximum Gasteiger partial charge on any atom is 0.134 e. The van der Waals surface area contributed by atoms with Gasteiger partial charge in [0.25, 0.3) is 0 Å². The van der Waals surface area contributed by atoms with Crippen molar-refractivity contribution in [1.82, 2.24) is 20.2 Å². The second-order valence-corrected chi connectivity index (χ2v) is 6.95. The molecule has 6 heteroatoms. The SMILES string of the molecule is Nc1cc(N2CCc3[nH]nc(-c4ccc(-c5ccccc5)cc4)c3C2)ncn1. The van der Waals surface area contributed by atoms with E-state index in [4.69, 9.17) is 5.73 Å². The van der Waals surface area contributed by atoms with Gasteiger partial charge in [-0.25, -0.2) is 9.97 Å². The van der Waals surface area contributed by atoms with Crippen molar-refractivity contribution in [2.24, 2.45) is 0 Å². The number of aromatic nitrogens is 4. The Morgan fingerprint density at radius 1 is 0.893 bits per heavy atom. The highest BCUT2D eigenvalue weighted by Crippen LogP contribution is 2.31. The molecule has 28 heavy (non-hydrogen) atoms. The Bertz CT molecular complexity index is 1100. The van der Waals surface area contributed by atoms with Gasteiger partial charge in [-0.2, -0.15) is 5.10 Å². The molecule has 0 spiro atoms. The third kappa shape index (κ3) is 2.99. The third-order valence-electron chi connectivity index (χ3n) is 5.20. The Labute approximate surface area is 163 Å². The first-order valence-electron chi connectivity index (χ1n) is 9.32. The number of nitrogens with two attached hydrogens (primary N) is 1. The maximum absolute atomic E-state index is 5.83. The van der Waals surface area contributed by atoms with E-state index < -0.39 is 0 Å². The fraction of sp³-hybridized carbons (Fsp3) is 0.136. The number of H-pyrrole nitrogens is 1. The lowest BCUT2D eigenvalue weighted by Crippen LogP contribution is -2.31. The van der Waals surface area contributed by atoms with Crippen molar-refractivity contribution in [3.63, 3.8) is 0 Å². The molecule has 4 aromatic rings. The Balaban J connectivity index is 1.45. The van der Waals surface area contributed by atoms with Gasteiger partial charge in [-0.1, -0.05) is 54.6 Å². The molecule has 0 saturated carbocycles. The fourth-order valence-corrected chi connectivity index (χ4v) is 3.71. The van der Waals surface area contributed by atoms with Gasteiger partial charge >= 0.3 is 0 Å². The minimum Gasteiger partial charge on any atom is -0.384 e. The second kappa shape index (κ2) is 6.81. The molecule has 0 unspecified atom stereocenters. The molecular formula is C22H20N6. The average molecular weight is 368 g/mol. The smallest absolute Gasteiger partial charge is 0.134 e. The van der Waals surface area contributed by atoms with Crippen LogP contribution in [0.4, 0.5) is 11.6 Å². The number of hydrogen-bond donors (Lipinski definition) is 2. The van der Waals surface area contributed by atoms with E-state index in [1.807, 2.05) is 12.1 Å². The van der Waals surface area contributed by atoms with Gasteiger partial charge in [0.1, 0.15) is 18.0 Å².